The average Bonchev–Trinajstić information content (AvgIpc) is 3.04. The van der Waals surface area contributed by atoms with Crippen molar-refractivity contribution in [1.29, 1.82) is 0 Å². The fourth-order valence-electron chi connectivity index (χ4n) is 2.12. The third kappa shape index (κ3) is 3.67. The summed E-state index contributed by atoms with van der Waals surface area (Å²) in [6, 6.07) is -0.159. The van der Waals surface area contributed by atoms with E-state index in [1.807, 2.05) is 0 Å². The summed E-state index contributed by atoms with van der Waals surface area (Å²) >= 11 is 0. The molecule has 1 aromatic rings. The van der Waals surface area contributed by atoms with Crippen LogP contribution in [0.15, 0.2) is 6.20 Å². The highest BCUT2D eigenvalue weighted by atomic mass is 16.4. The molecule has 2 heterocycles. The molecule has 0 spiro atoms. The first kappa shape index (κ1) is 14.3. The Bertz CT molecular complexity index is 488. The van der Waals surface area contributed by atoms with Crippen molar-refractivity contribution in [2.75, 3.05) is 19.6 Å². The van der Waals surface area contributed by atoms with Gasteiger partial charge in [0.25, 0.3) is 0 Å². The molecule has 9 heteroatoms. The summed E-state index contributed by atoms with van der Waals surface area (Å²) in [6.07, 6.45) is 2.43. The van der Waals surface area contributed by atoms with Crippen LogP contribution in [0.5, 0.6) is 0 Å². The van der Waals surface area contributed by atoms with Crippen LogP contribution in [0.2, 0.25) is 0 Å². The van der Waals surface area contributed by atoms with Crippen molar-refractivity contribution in [3.63, 3.8) is 0 Å². The molecular formula is C11H18N6O3. The van der Waals surface area contributed by atoms with Gasteiger partial charge in [0.15, 0.2) is 0 Å². The SMILES string of the molecule is NCC1CCN(C(=O)NCc2cn(CC(=O)O)nn2)C1. The molecule has 0 radical (unpaired) electrons. The van der Waals surface area contributed by atoms with E-state index in [2.05, 4.69) is 15.6 Å². The molecule has 9 nitrogen and oxygen atoms in total. The van der Waals surface area contributed by atoms with E-state index in [-0.39, 0.29) is 19.1 Å². The molecule has 1 fully saturated rings. The molecule has 1 saturated heterocycles. The highest BCUT2D eigenvalue weighted by molar-refractivity contribution is 5.74. The van der Waals surface area contributed by atoms with Gasteiger partial charge in [-0.2, -0.15) is 0 Å². The molecule has 4 N–H and O–H groups in total. The van der Waals surface area contributed by atoms with Crippen LogP contribution in [-0.4, -0.2) is 56.6 Å². The van der Waals surface area contributed by atoms with Gasteiger partial charge in [0.1, 0.15) is 12.2 Å². The summed E-state index contributed by atoms with van der Waals surface area (Å²) in [5.41, 5.74) is 6.10. The van der Waals surface area contributed by atoms with Gasteiger partial charge in [-0.25, -0.2) is 9.48 Å². The van der Waals surface area contributed by atoms with E-state index >= 15 is 0 Å². The van der Waals surface area contributed by atoms with Crippen LogP contribution in [0.4, 0.5) is 4.79 Å². The van der Waals surface area contributed by atoms with Gasteiger partial charge < -0.3 is 21.1 Å². The highest BCUT2D eigenvalue weighted by Crippen LogP contribution is 2.14. The molecule has 0 aromatic carbocycles. The van der Waals surface area contributed by atoms with Crippen LogP contribution in [0.3, 0.4) is 0 Å². The zero-order valence-corrected chi connectivity index (χ0v) is 11.0. The minimum absolute atomic E-state index is 0.159. The summed E-state index contributed by atoms with van der Waals surface area (Å²) in [7, 11) is 0. The zero-order valence-electron chi connectivity index (χ0n) is 11.0. The lowest BCUT2D eigenvalue weighted by atomic mass is 10.1. The summed E-state index contributed by atoms with van der Waals surface area (Å²) in [5, 5.41) is 18.8. The van der Waals surface area contributed by atoms with Gasteiger partial charge in [0.2, 0.25) is 0 Å². The second-order valence-electron chi connectivity index (χ2n) is 4.80. The van der Waals surface area contributed by atoms with Crippen LogP contribution in [0, 0.1) is 5.92 Å². The number of nitrogens with one attached hydrogen (secondary N) is 1. The first-order valence-electron chi connectivity index (χ1n) is 6.42. The number of nitrogens with two attached hydrogens (primary N) is 1. The van der Waals surface area contributed by atoms with Crippen LogP contribution in [0.25, 0.3) is 0 Å². The van der Waals surface area contributed by atoms with Crippen molar-refractivity contribution in [3.8, 4) is 0 Å². The number of carbonyl (C=O) groups excluding carboxylic acids is 1. The van der Waals surface area contributed by atoms with Crippen molar-refractivity contribution in [2.45, 2.75) is 19.5 Å². The molecule has 2 amide bonds. The van der Waals surface area contributed by atoms with Crippen molar-refractivity contribution >= 4 is 12.0 Å². The van der Waals surface area contributed by atoms with Gasteiger partial charge in [0.05, 0.1) is 12.7 Å². The number of hydrogen-bond donors (Lipinski definition) is 3. The Labute approximate surface area is 115 Å². The van der Waals surface area contributed by atoms with Gasteiger partial charge in [0, 0.05) is 13.1 Å². The van der Waals surface area contributed by atoms with Gasteiger partial charge in [-0.15, -0.1) is 5.10 Å². The molecule has 1 aliphatic heterocycles. The number of nitrogens with zero attached hydrogens (tertiary/aromatic N) is 4. The smallest absolute Gasteiger partial charge is 0.325 e. The van der Waals surface area contributed by atoms with Crippen molar-refractivity contribution in [2.24, 2.45) is 11.7 Å². The third-order valence-corrected chi connectivity index (χ3v) is 3.21. The van der Waals surface area contributed by atoms with E-state index in [0.29, 0.717) is 31.2 Å². The standard InChI is InChI=1S/C11H18N6O3/c12-3-8-1-2-16(5-8)11(20)13-4-9-6-17(15-14-9)7-10(18)19/h6,8H,1-5,7,12H2,(H,13,20)(H,18,19). The maximum atomic E-state index is 11.9. The second-order valence-corrected chi connectivity index (χ2v) is 4.80. The molecule has 0 aliphatic carbocycles. The van der Waals surface area contributed by atoms with Gasteiger partial charge >= 0.3 is 12.0 Å². The predicted octanol–water partition coefficient (Wildman–Crippen LogP) is -1.15. The Morgan fingerprint density at radius 3 is 3.00 bits per heavy atom. The normalized spacial score (nSPS) is 18.2. The fraction of sp³-hybridized carbons (Fsp3) is 0.636. The fourth-order valence-corrected chi connectivity index (χ4v) is 2.12. The Balaban J connectivity index is 1.78. The highest BCUT2D eigenvalue weighted by Gasteiger charge is 2.24. The zero-order chi connectivity index (χ0) is 14.5. The number of likely N-dealkylation sites (tertiary alicyclic amines) is 1. The van der Waals surface area contributed by atoms with Crippen LogP contribution >= 0.6 is 0 Å². The number of carboxylic acids is 1. The molecule has 1 aromatic heterocycles. The predicted molar refractivity (Wildman–Crippen MR) is 68.6 cm³/mol. The lowest BCUT2D eigenvalue weighted by Crippen LogP contribution is -2.38. The van der Waals surface area contributed by atoms with Crippen molar-refractivity contribution < 1.29 is 14.7 Å². The van der Waals surface area contributed by atoms with E-state index in [9.17, 15) is 9.59 Å². The average molecular weight is 282 g/mol. The van der Waals surface area contributed by atoms with E-state index in [1.54, 1.807) is 4.90 Å². The minimum Gasteiger partial charge on any atom is -0.480 e. The van der Waals surface area contributed by atoms with Gasteiger partial charge in [-0.3, -0.25) is 4.79 Å². The van der Waals surface area contributed by atoms with Gasteiger partial charge in [-0.1, -0.05) is 5.21 Å². The number of hydrogen-bond acceptors (Lipinski definition) is 5. The number of carbonyl (C=O) groups is 2. The van der Waals surface area contributed by atoms with Crippen LogP contribution < -0.4 is 11.1 Å². The van der Waals surface area contributed by atoms with E-state index in [0.717, 1.165) is 6.42 Å². The lowest BCUT2D eigenvalue weighted by Gasteiger charge is -2.16. The van der Waals surface area contributed by atoms with Crippen molar-refractivity contribution in [1.82, 2.24) is 25.2 Å². The van der Waals surface area contributed by atoms with E-state index in [4.69, 9.17) is 10.8 Å². The molecule has 2 rings (SSSR count). The Kier molecular flexibility index (Phi) is 4.51. The molecule has 20 heavy (non-hydrogen) atoms. The maximum absolute atomic E-state index is 11.9. The summed E-state index contributed by atoms with van der Waals surface area (Å²) in [5.74, 6) is -0.618. The second kappa shape index (κ2) is 6.33. The molecule has 110 valence electrons. The number of urea groups is 1. The molecule has 1 unspecified atom stereocenters. The number of rotatable bonds is 5. The Morgan fingerprint density at radius 1 is 1.55 bits per heavy atom. The summed E-state index contributed by atoms with van der Waals surface area (Å²) < 4.78 is 1.21. The van der Waals surface area contributed by atoms with E-state index < -0.39 is 5.97 Å². The molecule has 0 bridgehead atoms. The number of aromatic nitrogens is 3. The van der Waals surface area contributed by atoms with E-state index in [1.165, 1.54) is 10.9 Å². The number of aliphatic carboxylic acids is 1. The largest absolute Gasteiger partial charge is 0.480 e. The van der Waals surface area contributed by atoms with Crippen LogP contribution in [-0.2, 0) is 17.9 Å². The monoisotopic (exact) mass is 282 g/mol. The minimum atomic E-state index is -0.990. The molecule has 1 aliphatic rings. The quantitative estimate of drug-likeness (QED) is 0.626. The Morgan fingerprint density at radius 2 is 2.35 bits per heavy atom. The number of carboxylic acid groups (broad SMARTS) is 1. The summed E-state index contributed by atoms with van der Waals surface area (Å²) in [4.78, 5) is 24.1. The topological polar surface area (TPSA) is 126 Å². The lowest BCUT2D eigenvalue weighted by molar-refractivity contribution is -0.137. The molecular weight excluding hydrogens is 264 g/mol. The van der Waals surface area contributed by atoms with Gasteiger partial charge in [-0.05, 0) is 18.9 Å². The summed E-state index contributed by atoms with van der Waals surface area (Å²) in [6.45, 7) is 1.95. The number of amides is 2. The molecule has 1 atom stereocenters. The Hall–Kier alpha value is -2.16. The molecule has 0 saturated carbocycles. The first-order chi connectivity index (χ1) is 9.58. The third-order valence-electron chi connectivity index (χ3n) is 3.21. The van der Waals surface area contributed by atoms with Crippen LogP contribution in [0.1, 0.15) is 12.1 Å². The maximum Gasteiger partial charge on any atom is 0.325 e. The first-order valence-corrected chi connectivity index (χ1v) is 6.42. The van der Waals surface area contributed by atoms with Crippen molar-refractivity contribution in [3.05, 3.63) is 11.9 Å².